The predicted molar refractivity (Wildman–Crippen MR) is 79.0 cm³/mol. The van der Waals surface area contributed by atoms with E-state index in [2.05, 4.69) is 15.9 Å². The van der Waals surface area contributed by atoms with Crippen LogP contribution in [0.15, 0.2) is 29.2 Å². The molecule has 1 aromatic rings. The van der Waals surface area contributed by atoms with E-state index in [1.165, 1.54) is 12.1 Å². The Morgan fingerprint density at radius 2 is 1.80 bits per heavy atom. The molecule has 1 rings (SSSR count). The maximum Gasteiger partial charge on any atom is 0.303 e. The second-order valence-electron chi connectivity index (χ2n) is 4.25. The third-order valence-corrected chi connectivity index (χ3v) is 5.72. The van der Waals surface area contributed by atoms with Crippen molar-refractivity contribution in [3.8, 4) is 5.75 Å². The highest BCUT2D eigenvalue weighted by Gasteiger charge is 2.11. The summed E-state index contributed by atoms with van der Waals surface area (Å²) in [5.74, 6) is -0.175. The molecule has 20 heavy (non-hydrogen) atoms. The largest absolute Gasteiger partial charge is 0.494 e. The lowest BCUT2D eigenvalue weighted by Crippen LogP contribution is -2.02. The minimum absolute atomic E-state index is 0.107. The summed E-state index contributed by atoms with van der Waals surface area (Å²) in [7, 11) is -3.25. The number of rotatable bonds is 9. The molecule has 0 saturated heterocycles. The molecule has 0 spiro atoms. The second-order valence-corrected chi connectivity index (χ2v) is 7.54. The zero-order valence-corrected chi connectivity index (χ0v) is 13.3. The van der Waals surface area contributed by atoms with Crippen LogP contribution in [-0.2, 0) is 14.6 Å². The van der Waals surface area contributed by atoms with Gasteiger partial charge in [0.25, 0.3) is 0 Å². The van der Waals surface area contributed by atoms with Crippen LogP contribution in [0.25, 0.3) is 0 Å². The second kappa shape index (κ2) is 8.26. The van der Waals surface area contributed by atoms with Gasteiger partial charge < -0.3 is 9.84 Å². The Bertz CT molecular complexity index is 524. The lowest BCUT2D eigenvalue weighted by molar-refractivity contribution is -0.137. The van der Waals surface area contributed by atoms with Crippen LogP contribution < -0.4 is 4.74 Å². The van der Waals surface area contributed by atoms with Crippen LogP contribution in [0.1, 0.15) is 25.7 Å². The molecule has 0 heterocycles. The highest BCUT2D eigenvalue weighted by Crippen LogP contribution is 2.18. The number of carboxylic acids is 1. The number of ether oxygens (including phenoxy) is 1. The molecule has 0 unspecified atom stereocenters. The van der Waals surface area contributed by atoms with Crippen molar-refractivity contribution in [1.82, 2.24) is 0 Å². The number of hydrogen-bond acceptors (Lipinski definition) is 4. The van der Waals surface area contributed by atoms with Crippen molar-refractivity contribution in [2.75, 3.05) is 11.3 Å². The van der Waals surface area contributed by atoms with E-state index in [0.29, 0.717) is 18.8 Å². The average Bonchev–Trinajstić information content (AvgIpc) is 2.43. The van der Waals surface area contributed by atoms with Gasteiger partial charge in [-0.25, -0.2) is 8.42 Å². The van der Waals surface area contributed by atoms with Gasteiger partial charge in [-0.3, -0.25) is 4.79 Å². The molecule has 0 fully saturated rings. The normalized spacial score (nSPS) is 11.2. The van der Waals surface area contributed by atoms with Crippen LogP contribution in [-0.4, -0.2) is 30.8 Å². The molecule has 0 aliphatic rings. The third-order valence-electron chi connectivity index (χ3n) is 2.63. The van der Waals surface area contributed by atoms with Crippen molar-refractivity contribution in [3.05, 3.63) is 24.3 Å². The zero-order chi connectivity index (χ0) is 15.0. The van der Waals surface area contributed by atoms with Gasteiger partial charge >= 0.3 is 5.97 Å². The summed E-state index contributed by atoms with van der Waals surface area (Å²) in [4.78, 5) is 10.6. The average molecular weight is 365 g/mol. The van der Waals surface area contributed by atoms with E-state index in [-0.39, 0.29) is 16.0 Å². The van der Waals surface area contributed by atoms with Crippen molar-refractivity contribution in [1.29, 1.82) is 0 Å². The Kier molecular flexibility index (Phi) is 7.01. The van der Waals surface area contributed by atoms with Crippen LogP contribution in [0, 0.1) is 0 Å². The van der Waals surface area contributed by atoms with E-state index in [4.69, 9.17) is 9.84 Å². The molecule has 0 radical (unpaired) electrons. The number of unbranched alkanes of at least 4 members (excludes halogenated alkanes) is 2. The van der Waals surface area contributed by atoms with E-state index in [9.17, 15) is 13.2 Å². The number of aliphatic carboxylic acids is 1. The standard InChI is InChI=1S/C13H17BrO5S/c14-10-20(17,18)12-7-5-11(6-8-12)19-9-3-1-2-4-13(15)16/h5-8H,1-4,9-10H2,(H,15,16). The SMILES string of the molecule is O=C(O)CCCCCOc1ccc(S(=O)(=O)CBr)cc1. The first-order valence-corrected chi connectivity index (χ1v) is 8.96. The van der Waals surface area contributed by atoms with Crippen molar-refractivity contribution >= 4 is 31.7 Å². The molecule has 1 N–H and O–H groups in total. The summed E-state index contributed by atoms with van der Waals surface area (Å²) in [5, 5.41) is 8.48. The molecule has 7 heteroatoms. The molecule has 112 valence electrons. The van der Waals surface area contributed by atoms with Gasteiger partial charge in [0.05, 0.1) is 11.5 Å². The third kappa shape index (κ3) is 5.92. The van der Waals surface area contributed by atoms with Crippen LogP contribution in [0.2, 0.25) is 0 Å². The highest BCUT2D eigenvalue weighted by atomic mass is 79.9. The van der Waals surface area contributed by atoms with E-state index in [1.54, 1.807) is 12.1 Å². The smallest absolute Gasteiger partial charge is 0.303 e. The molecule has 0 aliphatic carbocycles. The monoisotopic (exact) mass is 364 g/mol. The predicted octanol–water partition coefficient (Wildman–Crippen LogP) is 2.84. The van der Waals surface area contributed by atoms with Crippen LogP contribution in [0.3, 0.4) is 0 Å². The lowest BCUT2D eigenvalue weighted by Gasteiger charge is -2.07. The lowest BCUT2D eigenvalue weighted by atomic mass is 10.2. The van der Waals surface area contributed by atoms with Crippen molar-refractivity contribution in [2.24, 2.45) is 0 Å². The summed E-state index contributed by atoms with van der Waals surface area (Å²) >= 11 is 2.94. The number of sulfone groups is 1. The Morgan fingerprint density at radius 1 is 1.15 bits per heavy atom. The molecule has 0 aromatic heterocycles. The molecular weight excluding hydrogens is 348 g/mol. The highest BCUT2D eigenvalue weighted by molar-refractivity contribution is 9.10. The summed E-state index contributed by atoms with van der Waals surface area (Å²) in [6.45, 7) is 0.490. The van der Waals surface area contributed by atoms with Crippen molar-refractivity contribution in [3.63, 3.8) is 0 Å². The summed E-state index contributed by atoms with van der Waals surface area (Å²) in [6, 6.07) is 6.26. The quantitative estimate of drug-likeness (QED) is 0.538. The first kappa shape index (κ1) is 17.0. The molecule has 0 amide bonds. The van der Waals surface area contributed by atoms with Gasteiger partial charge in [-0.05, 0) is 43.5 Å². The first-order valence-electron chi connectivity index (χ1n) is 6.19. The maximum absolute atomic E-state index is 11.6. The van der Waals surface area contributed by atoms with Gasteiger partial charge in [-0.2, -0.15) is 0 Å². The van der Waals surface area contributed by atoms with Crippen LogP contribution >= 0.6 is 15.9 Å². The Morgan fingerprint density at radius 3 is 2.35 bits per heavy atom. The van der Waals surface area contributed by atoms with Gasteiger partial charge in [-0.15, -0.1) is 0 Å². The Labute approximate surface area is 127 Å². The molecule has 5 nitrogen and oxygen atoms in total. The zero-order valence-electron chi connectivity index (χ0n) is 10.9. The van der Waals surface area contributed by atoms with Gasteiger partial charge in [0.15, 0.2) is 9.84 Å². The number of hydrogen-bond donors (Lipinski definition) is 1. The molecule has 0 bridgehead atoms. The Hall–Kier alpha value is -1.08. The van der Waals surface area contributed by atoms with Crippen LogP contribution in [0.5, 0.6) is 5.75 Å². The number of benzene rings is 1. The fourth-order valence-electron chi connectivity index (χ4n) is 1.55. The Balaban J connectivity index is 2.34. The fourth-order valence-corrected chi connectivity index (χ4v) is 3.02. The fraction of sp³-hybridized carbons (Fsp3) is 0.462. The maximum atomic E-state index is 11.6. The van der Waals surface area contributed by atoms with E-state index in [1.807, 2.05) is 0 Å². The summed E-state index contributed by atoms with van der Waals surface area (Å²) in [6.07, 6.45) is 2.39. The minimum Gasteiger partial charge on any atom is -0.494 e. The van der Waals surface area contributed by atoms with Gasteiger partial charge in [0.2, 0.25) is 0 Å². The molecule has 0 aliphatic heterocycles. The van der Waals surface area contributed by atoms with E-state index < -0.39 is 15.8 Å². The van der Waals surface area contributed by atoms with Crippen molar-refractivity contribution in [2.45, 2.75) is 30.6 Å². The summed E-state index contributed by atoms with van der Waals surface area (Å²) in [5.41, 5.74) is 0. The first-order chi connectivity index (χ1) is 9.45. The minimum atomic E-state index is -3.25. The van der Waals surface area contributed by atoms with Gasteiger partial charge in [-0.1, -0.05) is 15.9 Å². The van der Waals surface area contributed by atoms with Crippen molar-refractivity contribution < 1.29 is 23.1 Å². The number of halogens is 1. The summed E-state index contributed by atoms with van der Waals surface area (Å²) < 4.78 is 28.5. The number of carbonyl (C=O) groups is 1. The van der Waals surface area contributed by atoms with E-state index in [0.717, 1.165) is 12.8 Å². The molecule has 0 saturated carbocycles. The van der Waals surface area contributed by atoms with Gasteiger partial charge in [0, 0.05) is 6.42 Å². The molecular formula is C13H17BrO5S. The van der Waals surface area contributed by atoms with E-state index >= 15 is 0 Å². The topological polar surface area (TPSA) is 80.7 Å². The molecule has 1 aromatic carbocycles. The molecule has 0 atom stereocenters. The van der Waals surface area contributed by atoms with Gasteiger partial charge in [0.1, 0.15) is 10.4 Å². The number of alkyl halides is 1. The number of carboxylic acid groups (broad SMARTS) is 1. The van der Waals surface area contributed by atoms with Crippen LogP contribution in [0.4, 0.5) is 0 Å².